The molecule has 0 saturated carbocycles. The second-order valence-electron chi connectivity index (χ2n) is 10.8. The van der Waals surface area contributed by atoms with E-state index in [9.17, 15) is 9.59 Å². The Morgan fingerprint density at radius 2 is 1.45 bits per heavy atom. The van der Waals surface area contributed by atoms with Gasteiger partial charge in [0.25, 0.3) is 5.56 Å². The molecule has 1 aromatic heterocycles. The molecule has 0 unspecified atom stereocenters. The van der Waals surface area contributed by atoms with Gasteiger partial charge in [-0.05, 0) is 60.8 Å². The van der Waals surface area contributed by atoms with Gasteiger partial charge in [0.1, 0.15) is 29.4 Å². The van der Waals surface area contributed by atoms with Gasteiger partial charge in [-0.25, -0.2) is 4.79 Å². The van der Waals surface area contributed by atoms with E-state index in [0.29, 0.717) is 18.4 Å². The van der Waals surface area contributed by atoms with Gasteiger partial charge in [0.2, 0.25) is 0 Å². The van der Waals surface area contributed by atoms with E-state index < -0.39 is 23.1 Å². The molecule has 0 radical (unpaired) electrons. The van der Waals surface area contributed by atoms with Gasteiger partial charge in [-0.2, -0.15) is 0 Å². The van der Waals surface area contributed by atoms with E-state index in [0.717, 1.165) is 34.7 Å². The number of rotatable bonds is 8. The minimum Gasteiger partial charge on any atom is -0.497 e. The number of fused-ring (bicyclic) bond motifs is 1. The van der Waals surface area contributed by atoms with Crippen LogP contribution < -0.4 is 26.0 Å². The molecule has 0 aliphatic carbocycles. The largest absolute Gasteiger partial charge is 0.497 e. The van der Waals surface area contributed by atoms with Crippen molar-refractivity contribution in [3.63, 3.8) is 0 Å². The molecule has 3 heterocycles. The summed E-state index contributed by atoms with van der Waals surface area (Å²) >= 11 is 0. The van der Waals surface area contributed by atoms with Gasteiger partial charge in [0, 0.05) is 24.2 Å². The van der Waals surface area contributed by atoms with Crippen LogP contribution in [0.15, 0.2) is 94.6 Å². The summed E-state index contributed by atoms with van der Waals surface area (Å²) in [5.41, 5.74) is 1.44. The summed E-state index contributed by atoms with van der Waals surface area (Å²) in [5.74, 6) is 1.50. The highest BCUT2D eigenvalue weighted by Gasteiger charge is 2.48. The van der Waals surface area contributed by atoms with E-state index in [1.165, 1.54) is 4.57 Å². The summed E-state index contributed by atoms with van der Waals surface area (Å²) in [6.45, 7) is 2.41. The van der Waals surface area contributed by atoms with Crippen molar-refractivity contribution >= 4 is 0 Å². The van der Waals surface area contributed by atoms with Crippen LogP contribution in [0.3, 0.4) is 0 Å². The normalized spacial score (nSPS) is 22.0. The van der Waals surface area contributed by atoms with Crippen LogP contribution in [0.1, 0.15) is 41.3 Å². The number of benzene rings is 3. The second kappa shape index (κ2) is 11.6. The predicted molar refractivity (Wildman–Crippen MR) is 158 cm³/mol. The van der Waals surface area contributed by atoms with Crippen molar-refractivity contribution in [2.75, 3.05) is 20.8 Å². The molecule has 6 rings (SSSR count). The van der Waals surface area contributed by atoms with E-state index >= 15 is 0 Å². The molecule has 2 fully saturated rings. The lowest BCUT2D eigenvalue weighted by Crippen LogP contribution is -2.53. The second-order valence-corrected chi connectivity index (χ2v) is 10.8. The lowest BCUT2D eigenvalue weighted by Gasteiger charge is -2.43. The predicted octanol–water partition coefficient (Wildman–Crippen LogP) is 3.89. The molecule has 9 heteroatoms. The summed E-state index contributed by atoms with van der Waals surface area (Å²) in [6.07, 6.45) is 1.66. The van der Waals surface area contributed by atoms with Crippen LogP contribution in [0.2, 0.25) is 0 Å². The van der Waals surface area contributed by atoms with Crippen LogP contribution in [-0.4, -0.2) is 48.6 Å². The smallest absolute Gasteiger partial charge is 0.330 e. The SMILES string of the molecule is COc1ccc(C(O[C@@H]2CCN[C@H]3C[C@H](n4cc(C)c(=O)[nH]c4=O)O[C@@H]32)(c2ccccc2)c2ccc(OC)cc2)cc1. The molecular formula is C33H35N3O6. The quantitative estimate of drug-likeness (QED) is 0.311. The Hall–Kier alpha value is -4.18. The lowest BCUT2D eigenvalue weighted by molar-refractivity contribution is -0.142. The monoisotopic (exact) mass is 569 g/mol. The number of aromatic amines is 1. The fourth-order valence-electron chi connectivity index (χ4n) is 6.17. The number of nitrogens with zero attached hydrogens (tertiary/aromatic N) is 1. The lowest BCUT2D eigenvalue weighted by atomic mass is 9.79. The van der Waals surface area contributed by atoms with E-state index in [-0.39, 0.29) is 18.2 Å². The first-order chi connectivity index (χ1) is 20.4. The number of aromatic nitrogens is 2. The highest BCUT2D eigenvalue weighted by atomic mass is 16.6. The van der Waals surface area contributed by atoms with Gasteiger partial charge < -0.3 is 24.3 Å². The highest BCUT2D eigenvalue weighted by molar-refractivity contribution is 5.50. The Kier molecular flexibility index (Phi) is 7.72. The Morgan fingerprint density at radius 3 is 2.05 bits per heavy atom. The maximum absolute atomic E-state index is 12.7. The molecule has 0 bridgehead atoms. The van der Waals surface area contributed by atoms with Crippen molar-refractivity contribution in [1.29, 1.82) is 0 Å². The topological polar surface area (TPSA) is 104 Å². The van der Waals surface area contributed by atoms with Crippen LogP contribution in [-0.2, 0) is 15.1 Å². The average Bonchev–Trinajstić information content (AvgIpc) is 3.47. The van der Waals surface area contributed by atoms with Gasteiger partial charge in [0.05, 0.1) is 20.3 Å². The first kappa shape index (κ1) is 28.0. The molecule has 4 atom stereocenters. The fraction of sp³-hybridized carbons (Fsp3) is 0.333. The minimum atomic E-state index is -0.987. The molecule has 0 spiro atoms. The Labute approximate surface area is 244 Å². The molecule has 9 nitrogen and oxygen atoms in total. The Bertz CT molecular complexity index is 1580. The molecule has 42 heavy (non-hydrogen) atoms. The third kappa shape index (κ3) is 5.04. The zero-order valence-corrected chi connectivity index (χ0v) is 23.9. The van der Waals surface area contributed by atoms with Crippen LogP contribution in [0, 0.1) is 6.92 Å². The summed E-state index contributed by atoms with van der Waals surface area (Å²) in [5, 5.41) is 3.57. The highest BCUT2D eigenvalue weighted by Crippen LogP contribution is 2.45. The minimum absolute atomic E-state index is 0.0342. The van der Waals surface area contributed by atoms with E-state index in [2.05, 4.69) is 22.4 Å². The Morgan fingerprint density at radius 1 is 0.857 bits per heavy atom. The van der Waals surface area contributed by atoms with Crippen molar-refractivity contribution in [3.8, 4) is 11.5 Å². The van der Waals surface area contributed by atoms with Gasteiger partial charge >= 0.3 is 5.69 Å². The van der Waals surface area contributed by atoms with Crippen LogP contribution in [0.5, 0.6) is 11.5 Å². The molecule has 218 valence electrons. The molecule has 2 saturated heterocycles. The fourth-order valence-corrected chi connectivity index (χ4v) is 6.17. The Balaban J connectivity index is 1.44. The number of ether oxygens (including phenoxy) is 4. The summed E-state index contributed by atoms with van der Waals surface area (Å²) in [4.78, 5) is 27.1. The van der Waals surface area contributed by atoms with Gasteiger partial charge in [0.15, 0.2) is 0 Å². The number of H-pyrrole nitrogens is 1. The maximum Gasteiger partial charge on any atom is 0.330 e. The number of piperidine rings is 1. The van der Waals surface area contributed by atoms with Crippen LogP contribution in [0.4, 0.5) is 0 Å². The van der Waals surface area contributed by atoms with Crippen LogP contribution >= 0.6 is 0 Å². The van der Waals surface area contributed by atoms with Crippen molar-refractivity contribution in [2.24, 2.45) is 0 Å². The number of hydrogen-bond acceptors (Lipinski definition) is 7. The molecule has 2 aliphatic heterocycles. The van der Waals surface area contributed by atoms with Gasteiger partial charge in [-0.15, -0.1) is 0 Å². The van der Waals surface area contributed by atoms with Crippen molar-refractivity contribution in [1.82, 2.24) is 14.9 Å². The van der Waals surface area contributed by atoms with Crippen LogP contribution in [0.25, 0.3) is 0 Å². The summed E-state index contributed by atoms with van der Waals surface area (Å²) in [7, 11) is 3.30. The molecule has 2 N–H and O–H groups in total. The summed E-state index contributed by atoms with van der Waals surface area (Å²) in [6, 6.07) is 26.1. The zero-order chi connectivity index (χ0) is 29.3. The van der Waals surface area contributed by atoms with E-state index in [1.54, 1.807) is 27.3 Å². The van der Waals surface area contributed by atoms with Gasteiger partial charge in [-0.3, -0.25) is 14.3 Å². The first-order valence-electron chi connectivity index (χ1n) is 14.2. The molecule has 2 aliphatic rings. The number of hydrogen-bond donors (Lipinski definition) is 2. The molecule has 4 aromatic rings. The maximum atomic E-state index is 12.7. The standard InChI is InChI=1S/C33H35N3O6/c1-21-20-36(32(38)35-31(21)37)29-19-27-30(41-29)28(17-18-34-27)42-33(22-7-5-4-6-8-22,23-9-13-25(39-2)14-10-23)24-11-15-26(40-3)16-12-24/h4-16,20,27-30,34H,17-19H2,1-3H3,(H,35,37,38)/t27-,28+,29+,30-/m0/s1. The van der Waals surface area contributed by atoms with Crippen molar-refractivity contribution in [2.45, 2.75) is 49.8 Å². The van der Waals surface area contributed by atoms with Crippen molar-refractivity contribution < 1.29 is 18.9 Å². The molecular weight excluding hydrogens is 534 g/mol. The number of nitrogens with one attached hydrogen (secondary N) is 2. The average molecular weight is 570 g/mol. The molecule has 3 aromatic carbocycles. The van der Waals surface area contributed by atoms with Crippen molar-refractivity contribution in [3.05, 3.63) is 128 Å². The number of methoxy groups -OCH3 is 2. The third-order valence-electron chi connectivity index (χ3n) is 8.33. The third-order valence-corrected chi connectivity index (χ3v) is 8.33. The molecule has 0 amide bonds. The number of aryl methyl sites for hydroxylation is 1. The zero-order valence-electron chi connectivity index (χ0n) is 23.9. The first-order valence-corrected chi connectivity index (χ1v) is 14.2. The van der Waals surface area contributed by atoms with E-state index in [1.807, 2.05) is 66.7 Å². The van der Waals surface area contributed by atoms with E-state index in [4.69, 9.17) is 18.9 Å². The summed E-state index contributed by atoms with van der Waals surface area (Å²) < 4.78 is 26.4. The van der Waals surface area contributed by atoms with Gasteiger partial charge in [-0.1, -0.05) is 54.6 Å².